The minimum atomic E-state index is -4.04. The van der Waals surface area contributed by atoms with Gasteiger partial charge in [-0.25, -0.2) is 13.2 Å². The number of ether oxygens (including phenoxy) is 1. The monoisotopic (exact) mass is 535 g/mol. The Hall–Kier alpha value is -3.11. The van der Waals surface area contributed by atoms with Crippen molar-refractivity contribution >= 4 is 39.0 Å². The van der Waals surface area contributed by atoms with Crippen LogP contribution in [-0.4, -0.2) is 60.9 Å². The molecule has 3 rings (SSSR count). The molecule has 1 saturated heterocycles. The van der Waals surface area contributed by atoms with E-state index >= 15 is 0 Å². The Morgan fingerprint density at radius 1 is 1.25 bits per heavy atom. The predicted molar refractivity (Wildman–Crippen MR) is 137 cm³/mol. The molecule has 11 heteroatoms. The summed E-state index contributed by atoms with van der Waals surface area (Å²) in [6.45, 7) is 8.26. The molecule has 9 nitrogen and oxygen atoms in total. The van der Waals surface area contributed by atoms with Crippen LogP contribution in [0.25, 0.3) is 0 Å². The van der Waals surface area contributed by atoms with E-state index in [1.165, 1.54) is 19.2 Å². The normalized spacial score (nSPS) is 21.9. The number of hydrogen-bond donors (Lipinski definition) is 0. The summed E-state index contributed by atoms with van der Waals surface area (Å²) in [7, 11) is -0.695. The third kappa shape index (κ3) is 5.49. The van der Waals surface area contributed by atoms with Crippen LogP contribution in [0.4, 0.5) is 0 Å². The molecule has 1 unspecified atom stereocenters. The van der Waals surface area contributed by atoms with E-state index in [9.17, 15) is 18.0 Å². The van der Waals surface area contributed by atoms with Crippen molar-refractivity contribution in [2.24, 2.45) is 5.16 Å². The summed E-state index contributed by atoms with van der Waals surface area (Å²) in [6, 6.07) is 7.13. The van der Waals surface area contributed by atoms with Gasteiger partial charge in [0.25, 0.3) is 5.91 Å². The van der Waals surface area contributed by atoms with E-state index in [0.29, 0.717) is 5.02 Å². The maximum absolute atomic E-state index is 13.5. The highest BCUT2D eigenvalue weighted by Gasteiger charge is 2.58. The highest BCUT2D eigenvalue weighted by Crippen LogP contribution is 2.45. The van der Waals surface area contributed by atoms with Crippen LogP contribution >= 0.6 is 11.6 Å². The number of carbonyl (C=O) groups excluding carboxylic acids is 2. The van der Waals surface area contributed by atoms with Gasteiger partial charge in [0.05, 0.1) is 16.2 Å². The van der Waals surface area contributed by atoms with E-state index in [-0.39, 0.29) is 34.1 Å². The van der Waals surface area contributed by atoms with Crippen molar-refractivity contribution < 1.29 is 27.6 Å². The lowest BCUT2D eigenvalue weighted by molar-refractivity contribution is -0.155. The van der Waals surface area contributed by atoms with E-state index in [1.54, 1.807) is 64.9 Å². The standard InChI is InChI=1S/C25H30ClN3O6S/c1-15(27-34-14-17-10-8-9-11-19(17)26)12-18-22(30)29-21(24(31)35-25(3,4)5)16(2)20(13-28(6)7)36(32,33)23(18)29/h8-13,23H,14H2,1-7H3/b18-12-,20-13+,27-15-. The lowest BCUT2D eigenvalue weighted by Crippen LogP contribution is -2.62. The van der Waals surface area contributed by atoms with Gasteiger partial charge in [0.1, 0.15) is 17.9 Å². The topological polar surface area (TPSA) is 106 Å². The molecule has 2 aliphatic rings. The van der Waals surface area contributed by atoms with E-state index < -0.39 is 32.7 Å². The molecule has 1 amide bonds. The largest absolute Gasteiger partial charge is 0.455 e. The van der Waals surface area contributed by atoms with Crippen molar-refractivity contribution in [3.05, 3.63) is 68.9 Å². The Morgan fingerprint density at radius 2 is 1.89 bits per heavy atom. The Balaban J connectivity index is 1.98. The molecular weight excluding hydrogens is 506 g/mol. The predicted octanol–water partition coefficient (Wildman–Crippen LogP) is 3.77. The molecule has 0 aromatic heterocycles. The fourth-order valence-electron chi connectivity index (χ4n) is 3.77. The second-order valence-corrected chi connectivity index (χ2v) is 12.1. The van der Waals surface area contributed by atoms with Gasteiger partial charge in [0, 0.05) is 36.5 Å². The number of carbonyl (C=O) groups is 2. The summed E-state index contributed by atoms with van der Waals surface area (Å²) < 4.78 is 32.6. The Bertz CT molecular complexity index is 1320. The van der Waals surface area contributed by atoms with Crippen molar-refractivity contribution in [3.8, 4) is 0 Å². The Kier molecular flexibility index (Phi) is 7.71. The molecule has 0 radical (unpaired) electrons. The van der Waals surface area contributed by atoms with Gasteiger partial charge in [0.15, 0.2) is 5.37 Å². The molecule has 194 valence electrons. The molecule has 0 N–H and O–H groups in total. The van der Waals surface area contributed by atoms with Gasteiger partial charge in [-0.15, -0.1) is 0 Å². The van der Waals surface area contributed by atoms with Crippen LogP contribution in [0.3, 0.4) is 0 Å². The second kappa shape index (κ2) is 10.1. The fraction of sp³-hybridized carbons (Fsp3) is 0.400. The molecule has 1 atom stereocenters. The van der Waals surface area contributed by atoms with Gasteiger partial charge in [-0.05, 0) is 46.8 Å². The highest BCUT2D eigenvalue weighted by molar-refractivity contribution is 7.96. The molecule has 0 saturated carbocycles. The van der Waals surface area contributed by atoms with Crippen LogP contribution in [0, 0.1) is 0 Å². The summed E-state index contributed by atoms with van der Waals surface area (Å²) >= 11 is 6.11. The molecule has 1 aromatic rings. The van der Waals surface area contributed by atoms with Crippen molar-refractivity contribution in [1.82, 2.24) is 9.80 Å². The molecule has 0 spiro atoms. The average Bonchev–Trinajstić information content (AvgIpc) is 2.74. The number of fused-ring (bicyclic) bond motifs is 1. The SMILES string of the molecule is CC1=C(C(=O)OC(C)(C)C)N2C(=O)/C(=C/C(C)=N\OCc3ccccc3Cl)C2S(=O)(=O)/C1=C/N(C)C. The third-order valence-electron chi connectivity index (χ3n) is 5.25. The van der Waals surface area contributed by atoms with Gasteiger partial charge in [0.2, 0.25) is 9.84 Å². The van der Waals surface area contributed by atoms with Gasteiger partial charge in [-0.3, -0.25) is 9.69 Å². The molecule has 2 aliphatic heterocycles. The number of β-lactam (4-membered cyclic amide) rings is 1. The molecular formula is C25H30ClN3O6S. The number of allylic oxidation sites excluding steroid dienone is 2. The van der Waals surface area contributed by atoms with Crippen LogP contribution in [0.1, 0.15) is 40.2 Å². The number of esters is 1. The Morgan fingerprint density at radius 3 is 2.47 bits per heavy atom. The van der Waals surface area contributed by atoms with Crippen molar-refractivity contribution in [2.75, 3.05) is 14.1 Å². The van der Waals surface area contributed by atoms with Crippen LogP contribution in [0.5, 0.6) is 0 Å². The smallest absolute Gasteiger partial charge is 0.355 e. The van der Waals surface area contributed by atoms with Crippen molar-refractivity contribution in [2.45, 2.75) is 52.2 Å². The third-order valence-corrected chi connectivity index (χ3v) is 7.70. The van der Waals surface area contributed by atoms with Crippen LogP contribution < -0.4 is 0 Å². The number of amides is 1. The van der Waals surface area contributed by atoms with E-state index in [4.69, 9.17) is 21.2 Å². The number of nitrogens with zero attached hydrogens (tertiary/aromatic N) is 3. The van der Waals surface area contributed by atoms with E-state index in [1.807, 2.05) is 6.07 Å². The first-order valence-corrected chi connectivity index (χ1v) is 13.1. The zero-order valence-corrected chi connectivity index (χ0v) is 22.9. The first-order chi connectivity index (χ1) is 16.6. The van der Waals surface area contributed by atoms with Crippen LogP contribution in [-0.2, 0) is 35.6 Å². The maximum atomic E-state index is 13.5. The average molecular weight is 536 g/mol. The molecule has 2 heterocycles. The van der Waals surface area contributed by atoms with Gasteiger partial charge in [-0.2, -0.15) is 0 Å². The zero-order chi connectivity index (χ0) is 27.0. The molecule has 0 aliphatic carbocycles. The number of halogens is 1. The lowest BCUT2D eigenvalue weighted by Gasteiger charge is -2.46. The van der Waals surface area contributed by atoms with Gasteiger partial charge in [-0.1, -0.05) is 35.0 Å². The molecule has 36 heavy (non-hydrogen) atoms. The van der Waals surface area contributed by atoms with E-state index in [0.717, 1.165) is 10.5 Å². The van der Waals surface area contributed by atoms with Crippen molar-refractivity contribution in [3.63, 3.8) is 0 Å². The fourth-order valence-corrected chi connectivity index (χ4v) is 6.06. The number of oxime groups is 1. The Labute approximate surface area is 216 Å². The van der Waals surface area contributed by atoms with E-state index in [2.05, 4.69) is 5.16 Å². The minimum Gasteiger partial charge on any atom is -0.455 e. The first kappa shape index (κ1) is 27.5. The summed E-state index contributed by atoms with van der Waals surface area (Å²) in [6.07, 6.45) is 2.77. The number of sulfone groups is 1. The molecule has 1 fully saturated rings. The summed E-state index contributed by atoms with van der Waals surface area (Å²) in [5.41, 5.74) is 0.209. The minimum absolute atomic E-state index is 0.0178. The van der Waals surface area contributed by atoms with Crippen molar-refractivity contribution in [1.29, 1.82) is 0 Å². The van der Waals surface area contributed by atoms with Crippen LogP contribution in [0.2, 0.25) is 5.02 Å². The highest BCUT2D eigenvalue weighted by atomic mass is 35.5. The molecule has 1 aromatic carbocycles. The van der Waals surface area contributed by atoms with Gasteiger partial charge < -0.3 is 14.5 Å². The van der Waals surface area contributed by atoms with Gasteiger partial charge >= 0.3 is 5.97 Å². The summed E-state index contributed by atoms with van der Waals surface area (Å²) in [4.78, 5) is 34.0. The molecule has 0 bridgehead atoms. The lowest BCUT2D eigenvalue weighted by atomic mass is 10.0. The second-order valence-electron chi connectivity index (χ2n) is 9.70. The van der Waals surface area contributed by atoms with Crippen LogP contribution in [0.15, 0.2) is 63.4 Å². The quantitative estimate of drug-likeness (QED) is 0.179. The number of benzene rings is 1. The summed E-state index contributed by atoms with van der Waals surface area (Å²) in [5, 5.41) is 3.12. The maximum Gasteiger partial charge on any atom is 0.355 e. The number of hydrogen-bond acceptors (Lipinski definition) is 8. The summed E-state index contributed by atoms with van der Waals surface area (Å²) in [5.74, 6) is -1.39. The zero-order valence-electron chi connectivity index (χ0n) is 21.3. The first-order valence-electron chi connectivity index (χ1n) is 11.2. The number of rotatable bonds is 6.